The Morgan fingerprint density at radius 3 is 2.45 bits per heavy atom. The lowest BCUT2D eigenvalue weighted by Crippen LogP contribution is -2.59. The lowest BCUT2D eigenvalue weighted by Gasteiger charge is -2.36. The summed E-state index contributed by atoms with van der Waals surface area (Å²) in [6, 6.07) is 9.75. The van der Waals surface area contributed by atoms with Crippen molar-refractivity contribution in [1.82, 2.24) is 9.80 Å². The Hall–Kier alpha value is -1.43. The van der Waals surface area contributed by atoms with Gasteiger partial charge in [-0.3, -0.25) is 10.5 Å². The number of aryl methyl sites for hydroxylation is 1. The van der Waals surface area contributed by atoms with Crippen molar-refractivity contribution >= 4 is 5.91 Å². The highest BCUT2D eigenvalue weighted by Crippen LogP contribution is 2.14. The van der Waals surface area contributed by atoms with Gasteiger partial charge < -0.3 is 14.9 Å². The summed E-state index contributed by atoms with van der Waals surface area (Å²) in [6.07, 6.45) is 0.829. The van der Waals surface area contributed by atoms with Crippen LogP contribution in [0.4, 0.5) is 0 Å². The monoisotopic (exact) mass is 277 g/mol. The minimum atomic E-state index is -1.77. The van der Waals surface area contributed by atoms with Crippen molar-refractivity contribution in [2.75, 3.05) is 33.2 Å². The number of piperazine rings is 1. The molecular formula is C15H23N3O2. The molecule has 1 heterocycles. The van der Waals surface area contributed by atoms with E-state index < -0.39 is 5.72 Å². The van der Waals surface area contributed by atoms with Crippen LogP contribution in [0, 0.1) is 0 Å². The number of carbonyl (C=O) groups is 1. The lowest BCUT2D eigenvalue weighted by atomic mass is 10.0. The summed E-state index contributed by atoms with van der Waals surface area (Å²) in [4.78, 5) is 16.1. The van der Waals surface area contributed by atoms with E-state index >= 15 is 0 Å². The average molecular weight is 277 g/mol. The van der Waals surface area contributed by atoms with Gasteiger partial charge in [-0.15, -0.1) is 0 Å². The van der Waals surface area contributed by atoms with Crippen molar-refractivity contribution < 1.29 is 9.90 Å². The van der Waals surface area contributed by atoms with E-state index in [1.807, 2.05) is 37.4 Å². The molecular weight excluding hydrogens is 254 g/mol. The number of carbonyl (C=O) groups excluding carboxylic acids is 1. The normalized spacial score (nSPS) is 19.6. The molecule has 5 heteroatoms. The van der Waals surface area contributed by atoms with Crippen molar-refractivity contribution in [2.24, 2.45) is 5.73 Å². The number of aliphatic hydroxyl groups is 1. The highest BCUT2D eigenvalue weighted by Gasteiger charge is 2.35. The molecule has 1 aromatic rings. The maximum absolute atomic E-state index is 12.3. The highest BCUT2D eigenvalue weighted by molar-refractivity contribution is 5.84. The first kappa shape index (κ1) is 15.0. The van der Waals surface area contributed by atoms with Crippen LogP contribution < -0.4 is 5.73 Å². The Bertz CT molecular complexity index is 440. The standard InChI is InChI=1S/C15H23N3O2/c1-17-9-11-18(12-10-17)14(19)15(16,20)8-7-13-5-3-2-4-6-13/h2-6,20H,7-12,16H2,1H3/t15-/m1/s1. The number of nitrogens with zero attached hydrogens (tertiary/aromatic N) is 2. The number of likely N-dealkylation sites (N-methyl/N-ethyl adjacent to an activating group) is 1. The number of amides is 1. The molecule has 0 spiro atoms. The van der Waals surface area contributed by atoms with Gasteiger partial charge in [0.15, 0.2) is 5.72 Å². The summed E-state index contributed by atoms with van der Waals surface area (Å²) in [5, 5.41) is 10.2. The van der Waals surface area contributed by atoms with Crippen LogP contribution in [-0.2, 0) is 11.2 Å². The first-order valence-electron chi connectivity index (χ1n) is 7.02. The van der Waals surface area contributed by atoms with E-state index in [0.717, 1.165) is 18.7 Å². The molecule has 0 radical (unpaired) electrons. The third-order valence-corrected chi connectivity index (χ3v) is 3.80. The van der Waals surface area contributed by atoms with Gasteiger partial charge in [0.05, 0.1) is 0 Å². The van der Waals surface area contributed by atoms with Crippen LogP contribution in [0.3, 0.4) is 0 Å². The van der Waals surface area contributed by atoms with Crippen molar-refractivity contribution in [3.8, 4) is 0 Å². The van der Waals surface area contributed by atoms with Crippen LogP contribution >= 0.6 is 0 Å². The van der Waals surface area contributed by atoms with Crippen LogP contribution in [0.1, 0.15) is 12.0 Å². The molecule has 0 unspecified atom stereocenters. The average Bonchev–Trinajstić information content (AvgIpc) is 2.46. The second kappa shape index (κ2) is 6.35. The van der Waals surface area contributed by atoms with Gasteiger partial charge in [-0.2, -0.15) is 0 Å². The Morgan fingerprint density at radius 1 is 1.25 bits per heavy atom. The smallest absolute Gasteiger partial charge is 0.269 e. The SMILES string of the molecule is CN1CCN(C(=O)[C@](N)(O)CCc2ccccc2)CC1. The fourth-order valence-corrected chi connectivity index (χ4v) is 2.37. The van der Waals surface area contributed by atoms with Crippen LogP contribution in [-0.4, -0.2) is 59.8 Å². The molecule has 0 bridgehead atoms. The summed E-state index contributed by atoms with van der Waals surface area (Å²) in [5.74, 6) is -0.360. The topological polar surface area (TPSA) is 69.8 Å². The Morgan fingerprint density at radius 2 is 1.85 bits per heavy atom. The van der Waals surface area contributed by atoms with Crippen molar-refractivity contribution in [2.45, 2.75) is 18.6 Å². The van der Waals surface area contributed by atoms with E-state index in [0.29, 0.717) is 19.5 Å². The highest BCUT2D eigenvalue weighted by atomic mass is 16.3. The fourth-order valence-electron chi connectivity index (χ4n) is 2.37. The third-order valence-electron chi connectivity index (χ3n) is 3.80. The second-order valence-electron chi connectivity index (χ2n) is 5.51. The zero-order valence-corrected chi connectivity index (χ0v) is 12.0. The Labute approximate surface area is 120 Å². The Kier molecular flexibility index (Phi) is 4.75. The van der Waals surface area contributed by atoms with Crippen LogP contribution in [0.15, 0.2) is 30.3 Å². The zero-order chi connectivity index (χ0) is 14.6. The lowest BCUT2D eigenvalue weighted by molar-refractivity contribution is -0.153. The number of benzene rings is 1. The van der Waals surface area contributed by atoms with E-state index in [1.165, 1.54) is 0 Å². The fraction of sp³-hybridized carbons (Fsp3) is 0.533. The van der Waals surface area contributed by atoms with Crippen molar-refractivity contribution in [1.29, 1.82) is 0 Å². The molecule has 1 aliphatic rings. The van der Waals surface area contributed by atoms with Gasteiger partial charge in [-0.25, -0.2) is 0 Å². The maximum atomic E-state index is 12.3. The minimum absolute atomic E-state index is 0.238. The summed E-state index contributed by atoms with van der Waals surface area (Å²) >= 11 is 0. The molecule has 1 amide bonds. The van der Waals surface area contributed by atoms with E-state index in [4.69, 9.17) is 5.73 Å². The molecule has 0 aromatic heterocycles. The van der Waals surface area contributed by atoms with E-state index in [9.17, 15) is 9.90 Å². The quantitative estimate of drug-likeness (QED) is 0.763. The molecule has 2 rings (SSSR count). The molecule has 110 valence electrons. The molecule has 0 aliphatic carbocycles. The van der Waals surface area contributed by atoms with Crippen LogP contribution in [0.25, 0.3) is 0 Å². The summed E-state index contributed by atoms with van der Waals surface area (Å²) in [5.41, 5.74) is 5.12. The summed E-state index contributed by atoms with van der Waals surface area (Å²) in [6.45, 7) is 2.89. The van der Waals surface area contributed by atoms with Crippen molar-refractivity contribution in [3.05, 3.63) is 35.9 Å². The molecule has 20 heavy (non-hydrogen) atoms. The largest absolute Gasteiger partial charge is 0.368 e. The molecule has 1 fully saturated rings. The first-order chi connectivity index (χ1) is 9.49. The molecule has 1 aromatic carbocycles. The van der Waals surface area contributed by atoms with Gasteiger partial charge in [0.1, 0.15) is 0 Å². The molecule has 5 nitrogen and oxygen atoms in total. The van der Waals surface area contributed by atoms with E-state index in [1.54, 1.807) is 4.90 Å². The number of hydrogen-bond acceptors (Lipinski definition) is 4. The van der Waals surface area contributed by atoms with E-state index in [-0.39, 0.29) is 12.3 Å². The number of rotatable bonds is 4. The van der Waals surface area contributed by atoms with Crippen molar-refractivity contribution in [3.63, 3.8) is 0 Å². The van der Waals surface area contributed by atoms with Gasteiger partial charge in [0, 0.05) is 32.6 Å². The molecule has 1 atom stereocenters. The zero-order valence-electron chi connectivity index (χ0n) is 12.0. The summed E-state index contributed by atoms with van der Waals surface area (Å²) < 4.78 is 0. The summed E-state index contributed by atoms with van der Waals surface area (Å²) in [7, 11) is 2.02. The number of nitrogens with two attached hydrogens (primary N) is 1. The molecule has 1 saturated heterocycles. The number of hydrogen-bond donors (Lipinski definition) is 2. The van der Waals surface area contributed by atoms with E-state index in [2.05, 4.69) is 4.90 Å². The predicted octanol–water partition coefficient (Wildman–Crippen LogP) is 0.0405. The van der Waals surface area contributed by atoms with Gasteiger partial charge in [0.25, 0.3) is 5.91 Å². The minimum Gasteiger partial charge on any atom is -0.368 e. The van der Waals surface area contributed by atoms with Gasteiger partial charge in [-0.05, 0) is 19.0 Å². The van der Waals surface area contributed by atoms with Gasteiger partial charge in [0.2, 0.25) is 0 Å². The van der Waals surface area contributed by atoms with Gasteiger partial charge in [-0.1, -0.05) is 30.3 Å². The Balaban J connectivity index is 1.90. The molecule has 0 saturated carbocycles. The maximum Gasteiger partial charge on any atom is 0.269 e. The molecule has 3 N–H and O–H groups in total. The molecule has 1 aliphatic heterocycles. The first-order valence-corrected chi connectivity index (χ1v) is 7.02. The predicted molar refractivity (Wildman–Crippen MR) is 78.0 cm³/mol. The van der Waals surface area contributed by atoms with Gasteiger partial charge >= 0.3 is 0 Å². The second-order valence-corrected chi connectivity index (χ2v) is 5.51. The third kappa shape index (κ3) is 3.79. The van der Waals surface area contributed by atoms with Crippen LogP contribution in [0.5, 0.6) is 0 Å². The van der Waals surface area contributed by atoms with Crippen LogP contribution in [0.2, 0.25) is 0 Å².